The van der Waals surface area contributed by atoms with Crippen molar-refractivity contribution in [2.24, 2.45) is 0 Å². The molecule has 0 aliphatic heterocycles. The fourth-order valence-corrected chi connectivity index (χ4v) is 1.14. The molecule has 4 heteroatoms. The first-order valence-corrected chi connectivity index (χ1v) is 4.07. The summed E-state index contributed by atoms with van der Waals surface area (Å²) in [5.74, 6) is 0. The summed E-state index contributed by atoms with van der Waals surface area (Å²) in [6.07, 6.45) is 0.773. The molecule has 0 unspecified atom stereocenters. The molecule has 1 rings (SSSR count). The van der Waals surface area contributed by atoms with Gasteiger partial charge in [0.2, 0.25) is 0 Å². The van der Waals surface area contributed by atoms with Crippen LogP contribution in [-0.4, -0.2) is 17.2 Å². The third-order valence-electron chi connectivity index (χ3n) is 1.85. The van der Waals surface area contributed by atoms with Gasteiger partial charge in [-0.2, -0.15) is 5.26 Å². The number of benzene rings is 1. The van der Waals surface area contributed by atoms with Crippen molar-refractivity contribution in [1.82, 2.24) is 0 Å². The van der Waals surface area contributed by atoms with Gasteiger partial charge >= 0.3 is 7.12 Å². The molecule has 0 bridgehead atoms. The number of aryl methyl sites for hydroxylation is 1. The lowest BCUT2D eigenvalue weighted by atomic mass is 9.78. The number of nitriles is 1. The Balaban J connectivity index is 3.17. The van der Waals surface area contributed by atoms with E-state index in [0.29, 0.717) is 11.0 Å². The minimum atomic E-state index is -1.50. The molecule has 1 aromatic carbocycles. The quantitative estimate of drug-likeness (QED) is 0.611. The predicted molar refractivity (Wildman–Crippen MR) is 50.4 cm³/mol. The first kappa shape index (κ1) is 9.78. The lowest BCUT2D eigenvalue weighted by Crippen LogP contribution is -2.30. The maximum absolute atomic E-state index is 8.91. The van der Waals surface area contributed by atoms with Crippen molar-refractivity contribution in [3.8, 4) is 6.07 Å². The van der Waals surface area contributed by atoms with Crippen molar-refractivity contribution in [2.45, 2.75) is 13.3 Å². The average Bonchev–Trinajstić information content (AvgIpc) is 2.16. The van der Waals surface area contributed by atoms with Crippen LogP contribution in [0.15, 0.2) is 18.2 Å². The second-order valence-corrected chi connectivity index (χ2v) is 2.80. The Morgan fingerprint density at radius 1 is 1.38 bits per heavy atom. The normalized spacial score (nSPS) is 9.38. The molecule has 0 aliphatic carbocycles. The molecule has 13 heavy (non-hydrogen) atoms. The molecule has 0 atom stereocenters. The molecule has 3 nitrogen and oxygen atoms in total. The van der Waals surface area contributed by atoms with E-state index in [9.17, 15) is 0 Å². The standard InChI is InChI=1S/C9H10BNO2/c1-2-7-3-8(6-11)5-9(4-7)10(12)13/h3-5,12-13H,2H2,1H3. The Labute approximate surface area is 77.4 Å². The van der Waals surface area contributed by atoms with Gasteiger partial charge in [-0.25, -0.2) is 0 Å². The smallest absolute Gasteiger partial charge is 0.423 e. The van der Waals surface area contributed by atoms with Gasteiger partial charge in [0.05, 0.1) is 11.6 Å². The van der Waals surface area contributed by atoms with Gasteiger partial charge in [-0.1, -0.05) is 13.0 Å². The molecular weight excluding hydrogens is 165 g/mol. The highest BCUT2D eigenvalue weighted by atomic mass is 16.4. The number of hydrogen-bond donors (Lipinski definition) is 2. The monoisotopic (exact) mass is 175 g/mol. The maximum atomic E-state index is 8.91. The van der Waals surface area contributed by atoms with Crippen LogP contribution in [0.5, 0.6) is 0 Å². The highest BCUT2D eigenvalue weighted by Crippen LogP contribution is 2.03. The maximum Gasteiger partial charge on any atom is 0.488 e. The molecule has 0 aliphatic rings. The SMILES string of the molecule is CCc1cc(C#N)cc(B(O)O)c1. The average molecular weight is 175 g/mol. The van der Waals surface area contributed by atoms with Gasteiger partial charge in [0, 0.05) is 0 Å². The third kappa shape index (κ3) is 2.31. The van der Waals surface area contributed by atoms with Crippen LogP contribution in [0.4, 0.5) is 0 Å². The van der Waals surface area contributed by atoms with Crippen molar-refractivity contribution in [3.05, 3.63) is 29.3 Å². The summed E-state index contributed by atoms with van der Waals surface area (Å²) in [5, 5.41) is 26.5. The molecule has 66 valence electrons. The van der Waals surface area contributed by atoms with Crippen LogP contribution >= 0.6 is 0 Å². The summed E-state index contributed by atoms with van der Waals surface area (Å²) in [6, 6.07) is 6.88. The molecule has 1 aromatic rings. The minimum Gasteiger partial charge on any atom is -0.423 e. The number of hydrogen-bond acceptors (Lipinski definition) is 3. The predicted octanol–water partition coefficient (Wildman–Crippen LogP) is -0.200. The van der Waals surface area contributed by atoms with E-state index in [2.05, 4.69) is 0 Å². The Kier molecular flexibility index (Phi) is 3.07. The Hall–Kier alpha value is -1.31. The molecule has 0 fully saturated rings. The van der Waals surface area contributed by atoms with Crippen LogP contribution < -0.4 is 5.46 Å². The molecule has 0 saturated heterocycles. The van der Waals surface area contributed by atoms with Crippen molar-refractivity contribution in [2.75, 3.05) is 0 Å². The first-order valence-electron chi connectivity index (χ1n) is 4.07. The highest BCUT2D eigenvalue weighted by Gasteiger charge is 2.12. The second-order valence-electron chi connectivity index (χ2n) is 2.80. The van der Waals surface area contributed by atoms with Crippen LogP contribution in [0.1, 0.15) is 18.1 Å². The molecule has 0 amide bonds. The number of rotatable bonds is 2. The second kappa shape index (κ2) is 4.08. The molecule has 0 saturated carbocycles. The van der Waals surface area contributed by atoms with Gasteiger partial charge < -0.3 is 10.0 Å². The van der Waals surface area contributed by atoms with E-state index in [1.807, 2.05) is 13.0 Å². The zero-order valence-electron chi connectivity index (χ0n) is 7.36. The minimum absolute atomic E-state index is 0.371. The summed E-state index contributed by atoms with van der Waals surface area (Å²) >= 11 is 0. The van der Waals surface area contributed by atoms with Gasteiger partial charge in [0.1, 0.15) is 0 Å². The van der Waals surface area contributed by atoms with Gasteiger partial charge in [0.15, 0.2) is 0 Å². The van der Waals surface area contributed by atoms with E-state index in [-0.39, 0.29) is 0 Å². The van der Waals surface area contributed by atoms with Gasteiger partial charge in [-0.15, -0.1) is 0 Å². The van der Waals surface area contributed by atoms with Crippen LogP contribution in [-0.2, 0) is 6.42 Å². The highest BCUT2D eigenvalue weighted by molar-refractivity contribution is 6.58. The molecule has 2 N–H and O–H groups in total. The summed E-state index contributed by atoms with van der Waals surface area (Å²) < 4.78 is 0. The zero-order valence-corrected chi connectivity index (χ0v) is 7.36. The van der Waals surface area contributed by atoms with E-state index < -0.39 is 7.12 Å². The Morgan fingerprint density at radius 2 is 2.08 bits per heavy atom. The Morgan fingerprint density at radius 3 is 2.54 bits per heavy atom. The van der Waals surface area contributed by atoms with E-state index in [4.69, 9.17) is 15.3 Å². The molecule has 0 heterocycles. The Bertz CT molecular complexity index is 344. The first-order chi connectivity index (χ1) is 6.17. The molecule has 0 aromatic heterocycles. The summed E-state index contributed by atoms with van der Waals surface area (Å²) in [5.41, 5.74) is 1.76. The fourth-order valence-electron chi connectivity index (χ4n) is 1.14. The van der Waals surface area contributed by atoms with Gasteiger partial charge in [-0.3, -0.25) is 0 Å². The fraction of sp³-hybridized carbons (Fsp3) is 0.222. The van der Waals surface area contributed by atoms with Crippen LogP contribution in [0.25, 0.3) is 0 Å². The molecular formula is C9H10BNO2. The van der Waals surface area contributed by atoms with E-state index in [1.54, 1.807) is 12.1 Å². The van der Waals surface area contributed by atoms with Gasteiger partial charge in [0.25, 0.3) is 0 Å². The zero-order chi connectivity index (χ0) is 9.84. The lowest BCUT2D eigenvalue weighted by molar-refractivity contribution is 0.425. The third-order valence-corrected chi connectivity index (χ3v) is 1.85. The topological polar surface area (TPSA) is 64.2 Å². The summed E-state index contributed by atoms with van der Waals surface area (Å²) in [7, 11) is -1.50. The number of nitrogens with zero attached hydrogens (tertiary/aromatic N) is 1. The largest absolute Gasteiger partial charge is 0.488 e. The van der Waals surface area contributed by atoms with E-state index in [0.717, 1.165) is 12.0 Å². The van der Waals surface area contributed by atoms with Crippen LogP contribution in [0.2, 0.25) is 0 Å². The van der Waals surface area contributed by atoms with E-state index >= 15 is 0 Å². The summed E-state index contributed by atoms with van der Waals surface area (Å²) in [6.45, 7) is 1.95. The van der Waals surface area contributed by atoms with Crippen LogP contribution in [0.3, 0.4) is 0 Å². The van der Waals surface area contributed by atoms with Gasteiger partial charge in [-0.05, 0) is 29.6 Å². The van der Waals surface area contributed by atoms with Crippen molar-refractivity contribution >= 4 is 12.6 Å². The van der Waals surface area contributed by atoms with Crippen molar-refractivity contribution in [1.29, 1.82) is 5.26 Å². The van der Waals surface area contributed by atoms with E-state index in [1.165, 1.54) is 6.07 Å². The van der Waals surface area contributed by atoms with Crippen LogP contribution in [0, 0.1) is 11.3 Å². The lowest BCUT2D eigenvalue weighted by Gasteiger charge is -2.03. The summed E-state index contributed by atoms with van der Waals surface area (Å²) in [4.78, 5) is 0. The van der Waals surface area contributed by atoms with Crippen molar-refractivity contribution in [3.63, 3.8) is 0 Å². The molecule has 0 radical (unpaired) electrons. The van der Waals surface area contributed by atoms with Crippen molar-refractivity contribution < 1.29 is 10.0 Å². The molecule has 0 spiro atoms.